The maximum atomic E-state index is 14.0. The second-order valence-electron chi connectivity index (χ2n) is 7.03. The Kier molecular flexibility index (Phi) is 5.65. The highest BCUT2D eigenvalue weighted by molar-refractivity contribution is 5.94. The van der Waals surface area contributed by atoms with Crippen LogP contribution in [0.5, 0.6) is 0 Å². The first-order valence-corrected chi connectivity index (χ1v) is 9.83. The fourth-order valence-electron chi connectivity index (χ4n) is 3.43. The Morgan fingerprint density at radius 3 is 2.40 bits per heavy atom. The Hall–Kier alpha value is -3.42. The molecule has 6 nitrogen and oxygen atoms in total. The van der Waals surface area contributed by atoms with Crippen LogP contribution < -0.4 is 4.90 Å². The number of halogens is 2. The molecule has 2 aromatic heterocycles. The number of aromatic nitrogens is 3. The standard InChI is InChI=1S/C22H21F2N5O/c1-2-17-14-20(27-21(26-17)15-5-7-25-8-6-15)28-9-11-29(12-10-28)22(30)18-4-3-16(23)13-19(18)24/h3-8,13-14H,2,9-12H2,1H3. The summed E-state index contributed by atoms with van der Waals surface area (Å²) in [6.07, 6.45) is 4.18. The number of carbonyl (C=O) groups is 1. The Balaban J connectivity index is 1.50. The zero-order valence-corrected chi connectivity index (χ0v) is 16.6. The van der Waals surface area contributed by atoms with Gasteiger partial charge in [0.2, 0.25) is 0 Å². The molecule has 1 aliphatic heterocycles. The van der Waals surface area contributed by atoms with Gasteiger partial charge in [0.25, 0.3) is 5.91 Å². The number of carbonyl (C=O) groups excluding carboxylic acids is 1. The zero-order chi connectivity index (χ0) is 21.1. The van der Waals surface area contributed by atoms with Gasteiger partial charge in [-0.2, -0.15) is 0 Å². The van der Waals surface area contributed by atoms with Gasteiger partial charge < -0.3 is 9.80 Å². The van der Waals surface area contributed by atoms with Crippen molar-refractivity contribution in [3.8, 4) is 11.4 Å². The molecule has 1 amide bonds. The number of piperazine rings is 1. The second kappa shape index (κ2) is 8.52. The van der Waals surface area contributed by atoms with Gasteiger partial charge in [0, 0.05) is 62.0 Å². The number of nitrogens with zero attached hydrogens (tertiary/aromatic N) is 5. The minimum atomic E-state index is -0.840. The number of rotatable bonds is 4. The van der Waals surface area contributed by atoms with Gasteiger partial charge in [0.15, 0.2) is 5.82 Å². The minimum absolute atomic E-state index is 0.111. The summed E-state index contributed by atoms with van der Waals surface area (Å²) in [6.45, 7) is 4.00. The molecular formula is C22H21F2N5O. The molecule has 154 valence electrons. The van der Waals surface area contributed by atoms with Crippen LogP contribution in [0, 0.1) is 11.6 Å². The summed E-state index contributed by atoms with van der Waals surface area (Å²) >= 11 is 0. The Morgan fingerprint density at radius 2 is 1.73 bits per heavy atom. The van der Waals surface area contributed by atoms with Crippen molar-refractivity contribution in [2.45, 2.75) is 13.3 Å². The molecule has 30 heavy (non-hydrogen) atoms. The third-order valence-electron chi connectivity index (χ3n) is 5.12. The number of hydrogen-bond donors (Lipinski definition) is 0. The van der Waals surface area contributed by atoms with Crippen LogP contribution in [0.1, 0.15) is 23.0 Å². The van der Waals surface area contributed by atoms with E-state index in [9.17, 15) is 13.6 Å². The Morgan fingerprint density at radius 1 is 1.00 bits per heavy atom. The first kappa shape index (κ1) is 19.9. The van der Waals surface area contributed by atoms with Gasteiger partial charge >= 0.3 is 0 Å². The lowest BCUT2D eigenvalue weighted by atomic mass is 10.1. The largest absolute Gasteiger partial charge is 0.353 e. The van der Waals surface area contributed by atoms with Gasteiger partial charge in [0.05, 0.1) is 5.56 Å². The molecule has 0 aliphatic carbocycles. The summed E-state index contributed by atoms with van der Waals surface area (Å²) in [5.74, 6) is -0.531. The summed E-state index contributed by atoms with van der Waals surface area (Å²) < 4.78 is 27.1. The molecule has 1 fully saturated rings. The third-order valence-corrected chi connectivity index (χ3v) is 5.12. The van der Waals surface area contributed by atoms with Crippen molar-refractivity contribution in [2.24, 2.45) is 0 Å². The van der Waals surface area contributed by atoms with E-state index >= 15 is 0 Å². The molecule has 1 aliphatic rings. The molecule has 0 radical (unpaired) electrons. The van der Waals surface area contributed by atoms with E-state index in [2.05, 4.69) is 14.9 Å². The molecule has 0 spiro atoms. The quantitative estimate of drug-likeness (QED) is 0.661. The van der Waals surface area contributed by atoms with Crippen molar-refractivity contribution in [3.63, 3.8) is 0 Å². The lowest BCUT2D eigenvalue weighted by molar-refractivity contribution is 0.0741. The van der Waals surface area contributed by atoms with Crippen molar-refractivity contribution in [1.29, 1.82) is 0 Å². The molecule has 3 aromatic rings. The van der Waals surface area contributed by atoms with E-state index in [1.807, 2.05) is 25.1 Å². The molecule has 8 heteroatoms. The monoisotopic (exact) mass is 409 g/mol. The average Bonchev–Trinajstić information content (AvgIpc) is 2.79. The predicted octanol–water partition coefficient (Wildman–Crippen LogP) is 3.34. The molecule has 0 N–H and O–H groups in total. The molecule has 0 atom stereocenters. The number of anilines is 1. The van der Waals surface area contributed by atoms with Crippen LogP contribution in [0.2, 0.25) is 0 Å². The summed E-state index contributed by atoms with van der Waals surface area (Å²) in [4.78, 5) is 29.7. The van der Waals surface area contributed by atoms with E-state index in [-0.39, 0.29) is 5.56 Å². The van der Waals surface area contributed by atoms with E-state index in [4.69, 9.17) is 4.98 Å². The highest BCUT2D eigenvalue weighted by Gasteiger charge is 2.25. The highest BCUT2D eigenvalue weighted by Crippen LogP contribution is 2.22. The molecule has 3 heterocycles. The molecule has 4 rings (SSSR count). The number of pyridine rings is 1. The van der Waals surface area contributed by atoms with Crippen molar-refractivity contribution >= 4 is 11.7 Å². The highest BCUT2D eigenvalue weighted by atomic mass is 19.1. The SMILES string of the molecule is CCc1cc(N2CCN(C(=O)c3ccc(F)cc3F)CC2)nc(-c2ccncc2)n1. The van der Waals surface area contributed by atoms with E-state index in [0.717, 1.165) is 35.6 Å². The minimum Gasteiger partial charge on any atom is -0.353 e. The van der Waals surface area contributed by atoms with E-state index in [0.29, 0.717) is 32.0 Å². The Bertz CT molecular complexity index is 1050. The fraction of sp³-hybridized carbons (Fsp3) is 0.273. The van der Waals surface area contributed by atoms with E-state index < -0.39 is 17.5 Å². The summed E-state index contributed by atoms with van der Waals surface area (Å²) in [5, 5.41) is 0. The van der Waals surface area contributed by atoms with Gasteiger partial charge in [-0.05, 0) is 30.7 Å². The first-order chi connectivity index (χ1) is 14.5. The van der Waals surface area contributed by atoms with Crippen LogP contribution >= 0.6 is 0 Å². The number of aryl methyl sites for hydroxylation is 1. The van der Waals surface area contributed by atoms with Crippen LogP contribution in [-0.2, 0) is 6.42 Å². The van der Waals surface area contributed by atoms with Crippen LogP contribution in [0.4, 0.5) is 14.6 Å². The van der Waals surface area contributed by atoms with Crippen LogP contribution in [0.3, 0.4) is 0 Å². The summed E-state index contributed by atoms with van der Waals surface area (Å²) in [5.41, 5.74) is 1.71. The summed E-state index contributed by atoms with van der Waals surface area (Å²) in [7, 11) is 0. The fourth-order valence-corrected chi connectivity index (χ4v) is 3.43. The van der Waals surface area contributed by atoms with Crippen molar-refractivity contribution in [1.82, 2.24) is 19.9 Å². The van der Waals surface area contributed by atoms with E-state index in [1.165, 1.54) is 6.07 Å². The number of hydrogen-bond acceptors (Lipinski definition) is 5. The van der Waals surface area contributed by atoms with Crippen molar-refractivity contribution in [3.05, 3.63) is 71.7 Å². The van der Waals surface area contributed by atoms with Crippen molar-refractivity contribution < 1.29 is 13.6 Å². The lowest BCUT2D eigenvalue weighted by Gasteiger charge is -2.35. The smallest absolute Gasteiger partial charge is 0.256 e. The number of amides is 1. The lowest BCUT2D eigenvalue weighted by Crippen LogP contribution is -2.49. The molecule has 1 saturated heterocycles. The van der Waals surface area contributed by atoms with Crippen LogP contribution in [0.15, 0.2) is 48.8 Å². The third kappa shape index (κ3) is 4.12. The maximum Gasteiger partial charge on any atom is 0.256 e. The van der Waals surface area contributed by atoms with Crippen LogP contribution in [-0.4, -0.2) is 51.9 Å². The van der Waals surface area contributed by atoms with Gasteiger partial charge in [0.1, 0.15) is 17.5 Å². The topological polar surface area (TPSA) is 62.2 Å². The zero-order valence-electron chi connectivity index (χ0n) is 16.6. The van der Waals surface area contributed by atoms with Gasteiger partial charge in [-0.15, -0.1) is 0 Å². The average molecular weight is 409 g/mol. The molecule has 0 unspecified atom stereocenters. The molecule has 0 bridgehead atoms. The summed E-state index contributed by atoms with van der Waals surface area (Å²) in [6, 6.07) is 8.72. The van der Waals surface area contributed by atoms with Crippen molar-refractivity contribution in [2.75, 3.05) is 31.1 Å². The maximum absolute atomic E-state index is 14.0. The van der Waals surface area contributed by atoms with Gasteiger partial charge in [-0.25, -0.2) is 18.7 Å². The van der Waals surface area contributed by atoms with E-state index in [1.54, 1.807) is 17.3 Å². The Labute approximate surface area is 173 Å². The van der Waals surface area contributed by atoms with Gasteiger partial charge in [-0.1, -0.05) is 6.92 Å². The predicted molar refractivity (Wildman–Crippen MR) is 109 cm³/mol. The van der Waals surface area contributed by atoms with Crippen LogP contribution in [0.25, 0.3) is 11.4 Å². The normalized spacial score (nSPS) is 14.1. The molecule has 0 saturated carbocycles. The first-order valence-electron chi connectivity index (χ1n) is 9.83. The molecular weight excluding hydrogens is 388 g/mol. The second-order valence-corrected chi connectivity index (χ2v) is 7.03. The molecule has 1 aromatic carbocycles. The van der Waals surface area contributed by atoms with Gasteiger partial charge in [-0.3, -0.25) is 9.78 Å². The number of benzene rings is 1.